The Kier molecular flexibility index (Phi) is 5.91. The summed E-state index contributed by atoms with van der Waals surface area (Å²) in [6, 6.07) is 14.4. The van der Waals surface area contributed by atoms with Gasteiger partial charge in [0, 0.05) is 36.7 Å². The third kappa shape index (κ3) is 4.66. The number of benzene rings is 2. The zero-order valence-electron chi connectivity index (χ0n) is 15.9. The standard InChI is InChI=1S/C22H22ClN5O/c23-18-9-2-3-10-19(18)27-22(29)26-17-8-6-7-16(15-17)20-21(25-12-11-24-20)28-13-4-1-5-14-28/h2-3,6-12,15H,1,4-5,13-14H2,(H2,26,27,29). The van der Waals surface area contributed by atoms with Crippen LogP contribution >= 0.6 is 11.6 Å². The molecule has 2 aromatic carbocycles. The lowest BCUT2D eigenvalue weighted by atomic mass is 10.1. The van der Waals surface area contributed by atoms with Crippen molar-refractivity contribution in [3.05, 3.63) is 65.9 Å². The fourth-order valence-electron chi connectivity index (χ4n) is 3.46. The fraction of sp³-hybridized carbons (Fsp3) is 0.227. The average molecular weight is 408 g/mol. The van der Waals surface area contributed by atoms with Crippen LogP contribution in [0.3, 0.4) is 0 Å². The Morgan fingerprint density at radius 1 is 0.931 bits per heavy atom. The van der Waals surface area contributed by atoms with Gasteiger partial charge in [-0.25, -0.2) is 9.78 Å². The van der Waals surface area contributed by atoms with Crippen molar-refractivity contribution >= 4 is 34.8 Å². The number of hydrogen-bond donors (Lipinski definition) is 2. The molecule has 1 saturated heterocycles. The maximum absolute atomic E-state index is 12.4. The molecule has 6 nitrogen and oxygen atoms in total. The number of aromatic nitrogens is 2. The van der Waals surface area contributed by atoms with E-state index in [0.29, 0.717) is 16.4 Å². The highest BCUT2D eigenvalue weighted by Crippen LogP contribution is 2.30. The van der Waals surface area contributed by atoms with Gasteiger partial charge in [0.25, 0.3) is 0 Å². The van der Waals surface area contributed by atoms with E-state index in [9.17, 15) is 4.79 Å². The van der Waals surface area contributed by atoms with Crippen LogP contribution in [0.1, 0.15) is 19.3 Å². The Balaban J connectivity index is 1.54. The van der Waals surface area contributed by atoms with Crippen LogP contribution in [-0.2, 0) is 0 Å². The van der Waals surface area contributed by atoms with E-state index in [1.165, 1.54) is 19.3 Å². The van der Waals surface area contributed by atoms with E-state index < -0.39 is 0 Å². The summed E-state index contributed by atoms with van der Waals surface area (Å²) in [5.74, 6) is 0.893. The second kappa shape index (κ2) is 8.92. The minimum absolute atomic E-state index is 0.356. The first-order chi connectivity index (χ1) is 14.2. The lowest BCUT2D eigenvalue weighted by Gasteiger charge is -2.28. The molecule has 0 spiro atoms. The molecule has 0 aliphatic carbocycles. The molecule has 1 aliphatic heterocycles. The number of anilines is 3. The van der Waals surface area contributed by atoms with Crippen molar-refractivity contribution in [2.75, 3.05) is 28.6 Å². The first kappa shape index (κ1) is 19.2. The molecule has 2 heterocycles. The molecule has 3 aromatic rings. The van der Waals surface area contributed by atoms with Crippen LogP contribution in [0.5, 0.6) is 0 Å². The smallest absolute Gasteiger partial charge is 0.323 e. The van der Waals surface area contributed by atoms with Crippen molar-refractivity contribution < 1.29 is 4.79 Å². The van der Waals surface area contributed by atoms with Crippen molar-refractivity contribution in [1.82, 2.24) is 9.97 Å². The fourth-order valence-corrected chi connectivity index (χ4v) is 3.65. The molecule has 4 rings (SSSR count). The highest BCUT2D eigenvalue weighted by atomic mass is 35.5. The third-order valence-electron chi connectivity index (χ3n) is 4.85. The second-order valence-electron chi connectivity index (χ2n) is 6.92. The molecule has 2 N–H and O–H groups in total. The SMILES string of the molecule is O=C(Nc1cccc(-c2nccnc2N2CCCCC2)c1)Nc1ccccc1Cl. The number of urea groups is 1. The van der Waals surface area contributed by atoms with E-state index in [1.807, 2.05) is 36.4 Å². The third-order valence-corrected chi connectivity index (χ3v) is 5.18. The number of halogens is 1. The number of hydrogen-bond acceptors (Lipinski definition) is 4. The van der Waals surface area contributed by atoms with Crippen LogP contribution in [-0.4, -0.2) is 29.1 Å². The molecule has 29 heavy (non-hydrogen) atoms. The summed E-state index contributed by atoms with van der Waals surface area (Å²) in [6.07, 6.45) is 7.02. The first-order valence-corrected chi connectivity index (χ1v) is 10.1. The van der Waals surface area contributed by atoms with Gasteiger partial charge in [-0.05, 0) is 43.5 Å². The van der Waals surface area contributed by atoms with Gasteiger partial charge in [0.2, 0.25) is 0 Å². The van der Waals surface area contributed by atoms with Gasteiger partial charge in [-0.15, -0.1) is 0 Å². The van der Waals surface area contributed by atoms with Crippen LogP contribution in [0.2, 0.25) is 5.02 Å². The van der Waals surface area contributed by atoms with Gasteiger partial charge in [-0.3, -0.25) is 4.98 Å². The minimum atomic E-state index is -0.356. The Bertz CT molecular complexity index is 1000. The number of piperidine rings is 1. The van der Waals surface area contributed by atoms with Crippen LogP contribution in [0.25, 0.3) is 11.3 Å². The molecule has 1 aromatic heterocycles. The predicted molar refractivity (Wildman–Crippen MR) is 118 cm³/mol. The van der Waals surface area contributed by atoms with Crippen LogP contribution in [0.4, 0.5) is 22.0 Å². The lowest BCUT2D eigenvalue weighted by molar-refractivity contribution is 0.262. The van der Waals surface area contributed by atoms with Crippen LogP contribution in [0, 0.1) is 0 Å². The van der Waals surface area contributed by atoms with Crippen molar-refractivity contribution in [2.24, 2.45) is 0 Å². The number of nitrogens with one attached hydrogen (secondary N) is 2. The second-order valence-corrected chi connectivity index (χ2v) is 7.32. The summed E-state index contributed by atoms with van der Waals surface area (Å²) in [6.45, 7) is 1.98. The number of rotatable bonds is 4. The highest BCUT2D eigenvalue weighted by molar-refractivity contribution is 6.33. The van der Waals surface area contributed by atoms with E-state index in [2.05, 4.69) is 25.5 Å². The summed E-state index contributed by atoms with van der Waals surface area (Å²) < 4.78 is 0. The van der Waals surface area contributed by atoms with E-state index in [1.54, 1.807) is 24.5 Å². The molecule has 2 amide bonds. The summed E-state index contributed by atoms with van der Waals surface area (Å²) >= 11 is 6.11. The van der Waals surface area contributed by atoms with E-state index in [-0.39, 0.29) is 6.03 Å². The van der Waals surface area contributed by atoms with Gasteiger partial charge >= 0.3 is 6.03 Å². The average Bonchev–Trinajstić information content (AvgIpc) is 2.76. The first-order valence-electron chi connectivity index (χ1n) is 9.69. The quantitative estimate of drug-likeness (QED) is 0.604. The molecule has 148 valence electrons. The molecule has 0 bridgehead atoms. The van der Waals surface area contributed by atoms with Gasteiger partial charge in [-0.1, -0.05) is 35.9 Å². The number of carbonyl (C=O) groups excluding carboxylic acids is 1. The monoisotopic (exact) mass is 407 g/mol. The molecule has 7 heteroatoms. The molecule has 0 saturated carbocycles. The molecule has 0 radical (unpaired) electrons. The number of amides is 2. The van der Waals surface area contributed by atoms with Crippen molar-refractivity contribution in [3.8, 4) is 11.3 Å². The van der Waals surface area contributed by atoms with Crippen LogP contribution < -0.4 is 15.5 Å². The number of nitrogens with zero attached hydrogens (tertiary/aromatic N) is 3. The van der Waals surface area contributed by atoms with Crippen molar-refractivity contribution in [3.63, 3.8) is 0 Å². The Morgan fingerprint density at radius 2 is 1.72 bits per heavy atom. The largest absolute Gasteiger partial charge is 0.355 e. The Hall–Kier alpha value is -3.12. The van der Waals surface area contributed by atoms with Gasteiger partial charge in [0.15, 0.2) is 5.82 Å². The molecule has 1 fully saturated rings. The zero-order valence-corrected chi connectivity index (χ0v) is 16.7. The molecule has 1 aliphatic rings. The normalized spacial score (nSPS) is 13.8. The minimum Gasteiger partial charge on any atom is -0.355 e. The van der Waals surface area contributed by atoms with E-state index in [4.69, 9.17) is 11.6 Å². The van der Waals surface area contributed by atoms with Gasteiger partial charge in [0.05, 0.1) is 10.7 Å². The van der Waals surface area contributed by atoms with Crippen molar-refractivity contribution in [2.45, 2.75) is 19.3 Å². The zero-order chi connectivity index (χ0) is 20.1. The summed E-state index contributed by atoms with van der Waals surface area (Å²) in [7, 11) is 0. The number of para-hydroxylation sites is 1. The molecular formula is C22H22ClN5O. The Labute approximate surface area is 174 Å². The van der Waals surface area contributed by atoms with Crippen molar-refractivity contribution in [1.29, 1.82) is 0 Å². The van der Waals surface area contributed by atoms with Gasteiger partial charge in [0.1, 0.15) is 5.69 Å². The predicted octanol–water partition coefficient (Wildman–Crippen LogP) is 5.43. The molecule has 0 unspecified atom stereocenters. The van der Waals surface area contributed by atoms with E-state index >= 15 is 0 Å². The topological polar surface area (TPSA) is 70.2 Å². The summed E-state index contributed by atoms with van der Waals surface area (Å²) in [5.41, 5.74) is 2.96. The van der Waals surface area contributed by atoms with Crippen LogP contribution in [0.15, 0.2) is 60.9 Å². The lowest BCUT2D eigenvalue weighted by Crippen LogP contribution is -2.30. The number of carbonyl (C=O) groups is 1. The molecular weight excluding hydrogens is 386 g/mol. The highest BCUT2D eigenvalue weighted by Gasteiger charge is 2.18. The molecule has 0 atom stereocenters. The maximum Gasteiger partial charge on any atom is 0.323 e. The van der Waals surface area contributed by atoms with Gasteiger partial charge in [-0.2, -0.15) is 0 Å². The Morgan fingerprint density at radius 3 is 2.55 bits per heavy atom. The summed E-state index contributed by atoms with van der Waals surface area (Å²) in [5, 5.41) is 6.11. The van der Waals surface area contributed by atoms with E-state index in [0.717, 1.165) is 30.2 Å². The summed E-state index contributed by atoms with van der Waals surface area (Å²) in [4.78, 5) is 23.8. The maximum atomic E-state index is 12.4. The van der Waals surface area contributed by atoms with Gasteiger partial charge < -0.3 is 15.5 Å².